The van der Waals surface area contributed by atoms with Crippen LogP contribution < -0.4 is 5.32 Å². The Morgan fingerprint density at radius 3 is 3.00 bits per heavy atom. The second-order valence-corrected chi connectivity index (χ2v) is 4.64. The van der Waals surface area contributed by atoms with Gasteiger partial charge in [0.15, 0.2) is 5.82 Å². The van der Waals surface area contributed by atoms with Crippen molar-refractivity contribution in [3.63, 3.8) is 0 Å². The van der Waals surface area contributed by atoms with Crippen molar-refractivity contribution in [2.45, 2.75) is 39.3 Å². The Labute approximate surface area is 96.2 Å². The van der Waals surface area contributed by atoms with Gasteiger partial charge in [0.05, 0.1) is 0 Å². The Morgan fingerprint density at radius 2 is 2.31 bits per heavy atom. The van der Waals surface area contributed by atoms with Crippen LogP contribution in [-0.2, 0) is 6.42 Å². The van der Waals surface area contributed by atoms with E-state index in [1.54, 1.807) is 0 Å². The molecule has 16 heavy (non-hydrogen) atoms. The first-order chi connectivity index (χ1) is 7.65. The minimum absolute atomic E-state index is 0.570. The lowest BCUT2D eigenvalue weighted by Gasteiger charge is -2.37. The lowest BCUT2D eigenvalue weighted by Crippen LogP contribution is -2.54. The number of aromatic nitrogens is 2. The zero-order valence-electron chi connectivity index (χ0n) is 10.2. The number of nitrogens with one attached hydrogen (secondary N) is 1. The van der Waals surface area contributed by atoms with E-state index < -0.39 is 0 Å². The summed E-state index contributed by atoms with van der Waals surface area (Å²) in [7, 11) is 0. The third-order valence-corrected chi connectivity index (χ3v) is 3.08. The molecule has 2 unspecified atom stereocenters. The molecule has 90 valence electrons. The van der Waals surface area contributed by atoms with Gasteiger partial charge in [0.25, 0.3) is 0 Å². The second-order valence-electron chi connectivity index (χ2n) is 4.64. The van der Waals surface area contributed by atoms with Crippen LogP contribution in [0.25, 0.3) is 0 Å². The number of hydrogen-bond donors (Lipinski definition) is 1. The molecule has 2 heterocycles. The average molecular weight is 224 g/mol. The first-order valence-corrected chi connectivity index (χ1v) is 5.92. The standard InChI is InChI=1S/C11H20N4O/c1-8-7-15(9(2)6-12-8)5-4-11-13-10(3)14-16-11/h8-9,12H,4-7H2,1-3H3. The van der Waals surface area contributed by atoms with E-state index in [1.807, 2.05) is 6.92 Å². The Balaban J connectivity index is 1.84. The molecule has 1 fully saturated rings. The molecule has 5 heteroatoms. The third kappa shape index (κ3) is 2.80. The molecular weight excluding hydrogens is 204 g/mol. The largest absolute Gasteiger partial charge is 0.339 e. The third-order valence-electron chi connectivity index (χ3n) is 3.08. The highest BCUT2D eigenvalue weighted by atomic mass is 16.5. The summed E-state index contributed by atoms with van der Waals surface area (Å²) in [5.74, 6) is 1.47. The van der Waals surface area contributed by atoms with Crippen LogP contribution >= 0.6 is 0 Å². The molecule has 1 aromatic heterocycles. The van der Waals surface area contributed by atoms with E-state index in [1.165, 1.54) is 0 Å². The van der Waals surface area contributed by atoms with E-state index in [9.17, 15) is 0 Å². The van der Waals surface area contributed by atoms with Crippen molar-refractivity contribution < 1.29 is 4.52 Å². The number of aryl methyl sites for hydroxylation is 1. The zero-order valence-corrected chi connectivity index (χ0v) is 10.2. The molecule has 5 nitrogen and oxygen atoms in total. The number of nitrogens with zero attached hydrogens (tertiary/aromatic N) is 3. The topological polar surface area (TPSA) is 54.2 Å². The van der Waals surface area contributed by atoms with Gasteiger partial charge < -0.3 is 9.84 Å². The molecule has 0 spiro atoms. The van der Waals surface area contributed by atoms with Gasteiger partial charge in [-0.1, -0.05) is 5.16 Å². The molecule has 0 amide bonds. The average Bonchev–Trinajstić information content (AvgIpc) is 2.66. The molecule has 1 aromatic rings. The molecule has 0 aromatic carbocycles. The highest BCUT2D eigenvalue weighted by Gasteiger charge is 2.22. The van der Waals surface area contributed by atoms with Gasteiger partial charge in [0.2, 0.25) is 5.89 Å². The van der Waals surface area contributed by atoms with E-state index in [0.29, 0.717) is 12.1 Å². The summed E-state index contributed by atoms with van der Waals surface area (Å²) >= 11 is 0. The van der Waals surface area contributed by atoms with E-state index in [-0.39, 0.29) is 0 Å². The van der Waals surface area contributed by atoms with E-state index in [4.69, 9.17) is 4.52 Å². The molecule has 0 bridgehead atoms. The monoisotopic (exact) mass is 224 g/mol. The molecule has 1 saturated heterocycles. The quantitative estimate of drug-likeness (QED) is 0.815. The van der Waals surface area contributed by atoms with Crippen LogP contribution in [0.5, 0.6) is 0 Å². The molecule has 2 rings (SSSR count). The summed E-state index contributed by atoms with van der Waals surface area (Å²) < 4.78 is 5.11. The first kappa shape index (κ1) is 11.5. The van der Waals surface area contributed by atoms with Gasteiger partial charge in [-0.15, -0.1) is 0 Å². The van der Waals surface area contributed by atoms with Gasteiger partial charge in [0.1, 0.15) is 0 Å². The van der Waals surface area contributed by atoms with Crippen LogP contribution in [0.4, 0.5) is 0 Å². The molecule has 0 saturated carbocycles. The van der Waals surface area contributed by atoms with E-state index >= 15 is 0 Å². The van der Waals surface area contributed by atoms with Gasteiger partial charge >= 0.3 is 0 Å². The normalized spacial score (nSPS) is 27.2. The van der Waals surface area contributed by atoms with E-state index in [2.05, 4.69) is 34.2 Å². The molecule has 0 radical (unpaired) electrons. The fourth-order valence-corrected chi connectivity index (χ4v) is 2.09. The van der Waals surface area contributed by atoms with E-state index in [0.717, 1.165) is 37.8 Å². The first-order valence-electron chi connectivity index (χ1n) is 5.92. The predicted octanol–water partition coefficient (Wildman–Crippen LogP) is 0.603. The Bertz CT molecular complexity index is 338. The van der Waals surface area contributed by atoms with Crippen LogP contribution in [-0.4, -0.2) is 46.8 Å². The van der Waals surface area contributed by atoms with Crippen molar-refractivity contribution in [2.24, 2.45) is 0 Å². The number of rotatable bonds is 3. The molecule has 2 atom stereocenters. The van der Waals surface area contributed by atoms with Crippen molar-refractivity contribution in [1.82, 2.24) is 20.4 Å². The van der Waals surface area contributed by atoms with Crippen LogP contribution in [0.1, 0.15) is 25.6 Å². The Kier molecular flexibility index (Phi) is 3.56. The van der Waals surface area contributed by atoms with Crippen molar-refractivity contribution in [2.75, 3.05) is 19.6 Å². The molecule has 1 aliphatic heterocycles. The maximum atomic E-state index is 5.11. The van der Waals surface area contributed by atoms with Crippen LogP contribution in [0, 0.1) is 6.92 Å². The van der Waals surface area contributed by atoms with Gasteiger partial charge in [0, 0.05) is 38.1 Å². The maximum Gasteiger partial charge on any atom is 0.227 e. The summed E-state index contributed by atoms with van der Waals surface area (Å²) in [6.07, 6.45) is 0.845. The molecule has 0 aliphatic carbocycles. The molecular formula is C11H20N4O. The van der Waals surface area contributed by atoms with Gasteiger partial charge in [-0.2, -0.15) is 4.98 Å². The minimum Gasteiger partial charge on any atom is -0.339 e. The fraction of sp³-hybridized carbons (Fsp3) is 0.818. The van der Waals surface area contributed by atoms with Crippen molar-refractivity contribution in [3.8, 4) is 0 Å². The SMILES string of the molecule is Cc1noc(CCN2CC(C)NCC2C)n1. The lowest BCUT2D eigenvalue weighted by molar-refractivity contribution is 0.144. The smallest absolute Gasteiger partial charge is 0.227 e. The summed E-state index contributed by atoms with van der Waals surface area (Å²) in [4.78, 5) is 6.69. The number of hydrogen-bond acceptors (Lipinski definition) is 5. The van der Waals surface area contributed by atoms with Crippen molar-refractivity contribution >= 4 is 0 Å². The van der Waals surface area contributed by atoms with Gasteiger partial charge in [-0.05, 0) is 20.8 Å². The maximum absolute atomic E-state index is 5.11. The summed E-state index contributed by atoms with van der Waals surface area (Å²) in [5.41, 5.74) is 0. The molecule has 1 N–H and O–H groups in total. The second kappa shape index (κ2) is 4.93. The minimum atomic E-state index is 0.570. The van der Waals surface area contributed by atoms with Crippen molar-refractivity contribution in [3.05, 3.63) is 11.7 Å². The summed E-state index contributed by atoms with van der Waals surface area (Å²) in [6.45, 7) is 9.46. The fourth-order valence-electron chi connectivity index (χ4n) is 2.09. The molecule has 1 aliphatic rings. The Hall–Kier alpha value is -0.940. The summed E-state index contributed by atoms with van der Waals surface area (Å²) in [5, 5.41) is 7.27. The zero-order chi connectivity index (χ0) is 11.5. The van der Waals surface area contributed by atoms with Crippen molar-refractivity contribution in [1.29, 1.82) is 0 Å². The van der Waals surface area contributed by atoms with Gasteiger partial charge in [-0.25, -0.2) is 0 Å². The van der Waals surface area contributed by atoms with Crippen LogP contribution in [0.2, 0.25) is 0 Å². The van der Waals surface area contributed by atoms with Gasteiger partial charge in [-0.3, -0.25) is 4.90 Å². The summed E-state index contributed by atoms with van der Waals surface area (Å²) in [6, 6.07) is 1.15. The highest BCUT2D eigenvalue weighted by molar-refractivity contribution is 4.87. The highest BCUT2D eigenvalue weighted by Crippen LogP contribution is 2.08. The van der Waals surface area contributed by atoms with Crippen LogP contribution in [0.3, 0.4) is 0 Å². The van der Waals surface area contributed by atoms with Crippen LogP contribution in [0.15, 0.2) is 4.52 Å². The number of piperazine rings is 1. The Morgan fingerprint density at radius 1 is 1.50 bits per heavy atom. The predicted molar refractivity (Wildman–Crippen MR) is 61.2 cm³/mol. The lowest BCUT2D eigenvalue weighted by atomic mass is 10.1.